The highest BCUT2D eigenvalue weighted by molar-refractivity contribution is 5.84. The summed E-state index contributed by atoms with van der Waals surface area (Å²) >= 11 is 0. The molecule has 0 aliphatic heterocycles. The number of alkyl halides is 3. The average molecular weight is 463 g/mol. The van der Waals surface area contributed by atoms with Gasteiger partial charge in [-0.25, -0.2) is 8.78 Å². The molecule has 1 unspecified atom stereocenters. The summed E-state index contributed by atoms with van der Waals surface area (Å²) in [5.41, 5.74) is 2.90. The summed E-state index contributed by atoms with van der Waals surface area (Å²) in [5, 5.41) is 2.27. The Morgan fingerprint density at radius 2 is 1.70 bits per heavy atom. The second-order valence-corrected chi connectivity index (χ2v) is 8.88. The average Bonchev–Trinajstić information content (AvgIpc) is 2.78. The lowest BCUT2D eigenvalue weighted by Gasteiger charge is -2.26. The van der Waals surface area contributed by atoms with E-state index in [9.17, 15) is 22.0 Å². The highest BCUT2D eigenvalue weighted by Gasteiger charge is 2.36. The quantitative estimate of drug-likeness (QED) is 0.253. The Labute approximate surface area is 190 Å². The third-order valence-corrected chi connectivity index (χ3v) is 6.52. The van der Waals surface area contributed by atoms with Crippen molar-refractivity contribution in [3.8, 4) is 5.75 Å². The van der Waals surface area contributed by atoms with Gasteiger partial charge in [-0.05, 0) is 77.1 Å². The summed E-state index contributed by atoms with van der Waals surface area (Å²) in [4.78, 5) is 0. The molecule has 0 saturated carbocycles. The molecular formula is C27H27F5O. The van der Waals surface area contributed by atoms with Gasteiger partial charge >= 0.3 is 6.36 Å². The van der Waals surface area contributed by atoms with Crippen LogP contribution in [-0.2, 0) is 19.3 Å². The Kier molecular flexibility index (Phi) is 6.91. The number of unbranched alkanes of at least 4 members (excludes halogenated alkanes) is 3. The number of hydrogen-bond donors (Lipinski definition) is 0. The fraction of sp³-hybridized carbons (Fsp3) is 0.407. The molecule has 0 N–H and O–H groups in total. The van der Waals surface area contributed by atoms with E-state index in [1.165, 1.54) is 31.2 Å². The van der Waals surface area contributed by atoms with E-state index in [1.54, 1.807) is 0 Å². The highest BCUT2D eigenvalue weighted by Crippen LogP contribution is 2.39. The molecule has 3 aromatic carbocycles. The molecule has 0 saturated heterocycles. The van der Waals surface area contributed by atoms with E-state index >= 15 is 0 Å². The number of ether oxygens (including phenoxy) is 1. The molecule has 1 aliphatic carbocycles. The maximum Gasteiger partial charge on any atom is 0.573 e. The molecule has 0 aromatic heterocycles. The second-order valence-electron chi connectivity index (χ2n) is 8.88. The van der Waals surface area contributed by atoms with Crippen LogP contribution in [0.25, 0.3) is 10.8 Å². The largest absolute Gasteiger partial charge is 0.573 e. The molecule has 0 radical (unpaired) electrons. The van der Waals surface area contributed by atoms with Crippen molar-refractivity contribution in [1.82, 2.24) is 0 Å². The van der Waals surface area contributed by atoms with Gasteiger partial charge in [0.15, 0.2) is 11.6 Å². The molecule has 0 amide bonds. The van der Waals surface area contributed by atoms with Crippen LogP contribution in [0.2, 0.25) is 0 Å². The zero-order chi connectivity index (χ0) is 23.6. The van der Waals surface area contributed by atoms with E-state index in [4.69, 9.17) is 0 Å². The van der Waals surface area contributed by atoms with Gasteiger partial charge in [-0.3, -0.25) is 0 Å². The van der Waals surface area contributed by atoms with E-state index in [1.807, 2.05) is 6.07 Å². The zero-order valence-corrected chi connectivity index (χ0v) is 18.6. The van der Waals surface area contributed by atoms with Crippen molar-refractivity contribution in [3.63, 3.8) is 0 Å². The van der Waals surface area contributed by atoms with Crippen LogP contribution in [0.1, 0.15) is 67.2 Å². The number of benzene rings is 3. The van der Waals surface area contributed by atoms with Crippen LogP contribution in [-0.4, -0.2) is 6.36 Å². The maximum absolute atomic E-state index is 14.6. The van der Waals surface area contributed by atoms with Crippen LogP contribution in [0.5, 0.6) is 5.75 Å². The zero-order valence-electron chi connectivity index (χ0n) is 18.6. The van der Waals surface area contributed by atoms with Crippen molar-refractivity contribution in [2.75, 3.05) is 0 Å². The number of aryl methyl sites for hydroxylation is 1. The molecular weight excluding hydrogens is 435 g/mol. The van der Waals surface area contributed by atoms with E-state index in [0.29, 0.717) is 18.4 Å². The van der Waals surface area contributed by atoms with Gasteiger partial charge in [0, 0.05) is 0 Å². The molecule has 4 rings (SSSR count). The number of halogens is 5. The molecule has 6 heteroatoms. The summed E-state index contributed by atoms with van der Waals surface area (Å²) in [5.74, 6) is -3.89. The van der Waals surface area contributed by atoms with Gasteiger partial charge in [0.05, 0.1) is 0 Å². The van der Waals surface area contributed by atoms with Crippen molar-refractivity contribution in [1.29, 1.82) is 0 Å². The lowest BCUT2D eigenvalue weighted by Crippen LogP contribution is -2.21. The van der Waals surface area contributed by atoms with Crippen molar-refractivity contribution < 1.29 is 26.7 Å². The third-order valence-electron chi connectivity index (χ3n) is 6.52. The fourth-order valence-electron chi connectivity index (χ4n) is 4.80. The molecule has 176 valence electrons. The summed E-state index contributed by atoms with van der Waals surface area (Å²) in [6.45, 7) is 2.20. The smallest absolute Gasteiger partial charge is 0.399 e. The lowest BCUT2D eigenvalue weighted by molar-refractivity contribution is -0.276. The molecule has 33 heavy (non-hydrogen) atoms. The van der Waals surface area contributed by atoms with Crippen LogP contribution in [0.4, 0.5) is 22.0 Å². The van der Waals surface area contributed by atoms with Crippen molar-refractivity contribution in [2.24, 2.45) is 0 Å². The minimum Gasteiger partial charge on any atom is -0.399 e. The molecule has 1 aliphatic rings. The minimum absolute atomic E-state index is 0.0452. The van der Waals surface area contributed by atoms with E-state index < -0.39 is 23.7 Å². The van der Waals surface area contributed by atoms with Gasteiger partial charge in [-0.15, -0.1) is 13.2 Å². The molecule has 0 bridgehead atoms. The van der Waals surface area contributed by atoms with Crippen LogP contribution in [0.3, 0.4) is 0 Å². The van der Waals surface area contributed by atoms with E-state index in [2.05, 4.69) is 42.0 Å². The number of fused-ring (bicyclic) bond motifs is 2. The van der Waals surface area contributed by atoms with Gasteiger partial charge in [0.1, 0.15) is 0 Å². The van der Waals surface area contributed by atoms with Crippen LogP contribution < -0.4 is 4.74 Å². The fourth-order valence-corrected chi connectivity index (χ4v) is 4.80. The van der Waals surface area contributed by atoms with Crippen LogP contribution in [0.15, 0.2) is 42.5 Å². The summed E-state index contributed by atoms with van der Waals surface area (Å²) in [6.07, 6.45) is 1.98. The minimum atomic E-state index is -5.15. The second kappa shape index (κ2) is 9.70. The molecule has 0 fully saturated rings. The molecule has 0 heterocycles. The first-order valence-electron chi connectivity index (χ1n) is 11.5. The van der Waals surface area contributed by atoms with E-state index in [0.717, 1.165) is 28.8 Å². The Bertz CT molecular complexity index is 1140. The Morgan fingerprint density at radius 1 is 0.939 bits per heavy atom. The first kappa shape index (κ1) is 23.5. The highest BCUT2D eigenvalue weighted by atomic mass is 19.4. The third kappa shape index (κ3) is 5.48. The number of hydrogen-bond acceptors (Lipinski definition) is 1. The predicted octanol–water partition coefficient (Wildman–Crippen LogP) is 8.41. The van der Waals surface area contributed by atoms with E-state index in [-0.39, 0.29) is 17.9 Å². The monoisotopic (exact) mass is 462 g/mol. The van der Waals surface area contributed by atoms with Gasteiger partial charge in [0.25, 0.3) is 0 Å². The van der Waals surface area contributed by atoms with Crippen molar-refractivity contribution in [3.05, 3.63) is 76.4 Å². The molecule has 1 atom stereocenters. The maximum atomic E-state index is 14.6. The molecule has 1 nitrogen and oxygen atoms in total. The predicted molar refractivity (Wildman–Crippen MR) is 120 cm³/mol. The van der Waals surface area contributed by atoms with Gasteiger partial charge in [-0.1, -0.05) is 62.6 Å². The standard InChI is InChI=1S/C27H27F5O/c1-2-3-4-5-6-17-7-8-19-14-20(10-9-18(19)13-17)21-11-12-23-22(15-21)16-24(28)26(25(23)29)33-27(30,31)32/h7-10,13-14,16,21H,2-6,11-12,15H2,1H3. The Hall–Kier alpha value is -2.63. The van der Waals surface area contributed by atoms with Crippen molar-refractivity contribution in [2.45, 2.75) is 70.6 Å². The Balaban J connectivity index is 1.52. The number of rotatable bonds is 7. The Morgan fingerprint density at radius 3 is 2.45 bits per heavy atom. The molecule has 3 aromatic rings. The summed E-state index contributed by atoms with van der Waals surface area (Å²) in [7, 11) is 0. The van der Waals surface area contributed by atoms with Crippen LogP contribution >= 0.6 is 0 Å². The normalized spacial score (nSPS) is 16.1. The summed E-state index contributed by atoms with van der Waals surface area (Å²) in [6, 6.07) is 13.7. The molecule has 0 spiro atoms. The van der Waals surface area contributed by atoms with Gasteiger partial charge < -0.3 is 4.74 Å². The lowest BCUT2D eigenvalue weighted by atomic mass is 9.79. The van der Waals surface area contributed by atoms with Crippen molar-refractivity contribution >= 4 is 10.8 Å². The first-order chi connectivity index (χ1) is 15.7. The van der Waals surface area contributed by atoms with Crippen LogP contribution in [0, 0.1) is 11.6 Å². The van der Waals surface area contributed by atoms with Gasteiger partial charge in [-0.2, -0.15) is 0 Å². The SMILES string of the molecule is CCCCCCc1ccc2cc(C3CCc4c(cc(F)c(OC(F)(F)F)c4F)C3)ccc2c1. The first-order valence-corrected chi connectivity index (χ1v) is 11.5. The topological polar surface area (TPSA) is 9.23 Å². The summed E-state index contributed by atoms with van der Waals surface area (Å²) < 4.78 is 69.9. The van der Waals surface area contributed by atoms with Gasteiger partial charge in [0.2, 0.25) is 5.75 Å².